The second-order valence-electron chi connectivity index (χ2n) is 7.64. The Morgan fingerprint density at radius 2 is 1.87 bits per heavy atom. The Hall–Kier alpha value is -2.04. The van der Waals surface area contributed by atoms with Gasteiger partial charge in [-0.25, -0.2) is 4.79 Å². The number of nitrogens with zero attached hydrogens (tertiary/aromatic N) is 1. The minimum Gasteiger partial charge on any atom is -0.444 e. The Morgan fingerprint density at radius 1 is 1.22 bits per heavy atom. The van der Waals surface area contributed by atoms with Crippen LogP contribution in [0.3, 0.4) is 0 Å². The van der Waals surface area contributed by atoms with E-state index in [0.29, 0.717) is 13.1 Å². The van der Waals surface area contributed by atoms with Crippen LogP contribution in [-0.4, -0.2) is 41.1 Å². The number of carbonyl (C=O) groups excluding carboxylic acids is 2. The molecular formula is C18H26N2O3. The molecule has 0 aliphatic carbocycles. The molecule has 0 saturated carbocycles. The maximum absolute atomic E-state index is 12.6. The van der Waals surface area contributed by atoms with E-state index >= 15 is 0 Å². The molecule has 0 fully saturated rings. The molecule has 0 unspecified atom stereocenters. The van der Waals surface area contributed by atoms with Crippen molar-refractivity contribution in [2.24, 2.45) is 0 Å². The van der Waals surface area contributed by atoms with E-state index in [0.717, 1.165) is 17.5 Å². The zero-order chi connectivity index (χ0) is 17.3. The summed E-state index contributed by atoms with van der Waals surface area (Å²) < 4.78 is 5.29. The molecule has 0 spiro atoms. The largest absolute Gasteiger partial charge is 0.444 e. The van der Waals surface area contributed by atoms with Gasteiger partial charge < -0.3 is 15.0 Å². The Labute approximate surface area is 138 Å². The van der Waals surface area contributed by atoms with Gasteiger partial charge in [-0.05, 0) is 52.7 Å². The maximum atomic E-state index is 12.6. The van der Waals surface area contributed by atoms with Gasteiger partial charge in [-0.3, -0.25) is 4.79 Å². The van der Waals surface area contributed by atoms with Gasteiger partial charge in [-0.15, -0.1) is 0 Å². The van der Waals surface area contributed by atoms with Gasteiger partial charge >= 0.3 is 6.09 Å². The molecule has 0 bridgehead atoms. The van der Waals surface area contributed by atoms with Crippen LogP contribution in [0.25, 0.3) is 0 Å². The van der Waals surface area contributed by atoms with E-state index in [4.69, 9.17) is 4.74 Å². The summed E-state index contributed by atoms with van der Waals surface area (Å²) in [5, 5.41) is 2.85. The number of alkyl carbamates (subject to hydrolysis) is 1. The standard InChI is InChI=1S/C18H26N2O3/c1-17(2,3)23-16(22)19-18(4,5)12-20-11-10-13-8-6-7-9-14(13)15(20)21/h6-9H,10-12H2,1-5H3,(H,19,22). The van der Waals surface area contributed by atoms with Crippen LogP contribution in [0.15, 0.2) is 24.3 Å². The molecule has 1 aliphatic rings. The molecule has 0 aromatic heterocycles. The van der Waals surface area contributed by atoms with Crippen LogP contribution >= 0.6 is 0 Å². The zero-order valence-electron chi connectivity index (χ0n) is 14.6. The van der Waals surface area contributed by atoms with Gasteiger partial charge in [0.15, 0.2) is 0 Å². The monoisotopic (exact) mass is 318 g/mol. The summed E-state index contributed by atoms with van der Waals surface area (Å²) in [5.74, 6) is 0.0194. The molecule has 1 aliphatic heterocycles. The SMILES string of the molecule is CC(C)(CN1CCc2ccccc2C1=O)NC(=O)OC(C)(C)C. The number of amides is 2. The first-order valence-electron chi connectivity index (χ1n) is 7.96. The van der Waals surface area contributed by atoms with E-state index in [9.17, 15) is 9.59 Å². The van der Waals surface area contributed by atoms with Crippen molar-refractivity contribution in [3.8, 4) is 0 Å². The van der Waals surface area contributed by atoms with Gasteiger partial charge in [0, 0.05) is 18.7 Å². The molecule has 5 heteroatoms. The van der Waals surface area contributed by atoms with E-state index in [1.54, 1.807) is 4.90 Å². The number of ether oxygens (including phenoxy) is 1. The highest BCUT2D eigenvalue weighted by Gasteiger charge is 2.31. The Bertz CT molecular complexity index is 603. The van der Waals surface area contributed by atoms with E-state index in [2.05, 4.69) is 5.32 Å². The van der Waals surface area contributed by atoms with Gasteiger partial charge in [0.05, 0.1) is 5.54 Å². The lowest BCUT2D eigenvalue weighted by atomic mass is 9.97. The highest BCUT2D eigenvalue weighted by atomic mass is 16.6. The normalized spacial score (nSPS) is 15.2. The summed E-state index contributed by atoms with van der Waals surface area (Å²) >= 11 is 0. The fourth-order valence-electron chi connectivity index (χ4n) is 2.72. The molecule has 23 heavy (non-hydrogen) atoms. The number of fused-ring (bicyclic) bond motifs is 1. The van der Waals surface area contributed by atoms with Crippen molar-refractivity contribution >= 4 is 12.0 Å². The van der Waals surface area contributed by atoms with Crippen LogP contribution < -0.4 is 5.32 Å². The van der Waals surface area contributed by atoms with E-state index in [1.807, 2.05) is 58.9 Å². The van der Waals surface area contributed by atoms with Gasteiger partial charge in [0.1, 0.15) is 5.60 Å². The number of rotatable bonds is 3. The third-order valence-electron chi connectivity index (χ3n) is 3.61. The van der Waals surface area contributed by atoms with Crippen LogP contribution in [0, 0.1) is 0 Å². The summed E-state index contributed by atoms with van der Waals surface area (Å²) in [6.45, 7) is 10.4. The van der Waals surface area contributed by atoms with Crippen molar-refractivity contribution < 1.29 is 14.3 Å². The molecule has 2 amide bonds. The van der Waals surface area contributed by atoms with Crippen LogP contribution in [0.4, 0.5) is 4.79 Å². The fourth-order valence-corrected chi connectivity index (χ4v) is 2.72. The summed E-state index contributed by atoms with van der Waals surface area (Å²) in [6, 6.07) is 7.69. The predicted octanol–water partition coefficient (Wildman–Crippen LogP) is 2.99. The Kier molecular flexibility index (Phi) is 4.68. The molecule has 126 valence electrons. The van der Waals surface area contributed by atoms with Gasteiger partial charge in [0.2, 0.25) is 0 Å². The van der Waals surface area contributed by atoms with Crippen molar-refractivity contribution in [1.29, 1.82) is 0 Å². The molecule has 1 heterocycles. The van der Waals surface area contributed by atoms with Gasteiger partial charge in [-0.2, -0.15) is 0 Å². The second-order valence-corrected chi connectivity index (χ2v) is 7.64. The summed E-state index contributed by atoms with van der Waals surface area (Å²) in [5.41, 5.74) is 0.739. The fraction of sp³-hybridized carbons (Fsp3) is 0.556. The average Bonchev–Trinajstić information content (AvgIpc) is 2.39. The van der Waals surface area contributed by atoms with Gasteiger partial charge in [0.25, 0.3) is 5.91 Å². The summed E-state index contributed by atoms with van der Waals surface area (Å²) in [4.78, 5) is 26.3. The van der Waals surface area contributed by atoms with Crippen molar-refractivity contribution in [2.75, 3.05) is 13.1 Å². The highest BCUT2D eigenvalue weighted by molar-refractivity contribution is 5.96. The number of hydrogen-bond acceptors (Lipinski definition) is 3. The van der Waals surface area contributed by atoms with Crippen molar-refractivity contribution in [3.63, 3.8) is 0 Å². The smallest absolute Gasteiger partial charge is 0.408 e. The molecule has 2 rings (SSSR count). The molecule has 1 N–H and O–H groups in total. The molecule has 1 aromatic carbocycles. The molecule has 5 nitrogen and oxygen atoms in total. The lowest BCUT2D eigenvalue weighted by Crippen LogP contribution is -2.54. The number of benzene rings is 1. The van der Waals surface area contributed by atoms with Crippen LogP contribution in [0.2, 0.25) is 0 Å². The van der Waals surface area contributed by atoms with Crippen LogP contribution in [0.5, 0.6) is 0 Å². The molecular weight excluding hydrogens is 292 g/mol. The number of hydrogen-bond donors (Lipinski definition) is 1. The van der Waals surface area contributed by atoms with E-state index in [1.165, 1.54) is 0 Å². The first-order valence-corrected chi connectivity index (χ1v) is 7.96. The minimum absolute atomic E-state index is 0.0194. The Balaban J connectivity index is 2.01. The quantitative estimate of drug-likeness (QED) is 0.932. The van der Waals surface area contributed by atoms with Gasteiger partial charge in [-0.1, -0.05) is 18.2 Å². The zero-order valence-corrected chi connectivity index (χ0v) is 14.6. The first-order chi connectivity index (χ1) is 10.6. The summed E-state index contributed by atoms with van der Waals surface area (Å²) in [7, 11) is 0. The lowest BCUT2D eigenvalue weighted by molar-refractivity contribution is 0.0428. The summed E-state index contributed by atoms with van der Waals surface area (Å²) in [6.07, 6.45) is 0.372. The molecule has 0 radical (unpaired) electrons. The topological polar surface area (TPSA) is 58.6 Å². The predicted molar refractivity (Wildman–Crippen MR) is 89.5 cm³/mol. The van der Waals surface area contributed by atoms with Crippen molar-refractivity contribution in [3.05, 3.63) is 35.4 Å². The molecule has 0 saturated heterocycles. The van der Waals surface area contributed by atoms with Crippen LogP contribution in [-0.2, 0) is 11.2 Å². The van der Waals surface area contributed by atoms with Crippen molar-refractivity contribution in [2.45, 2.75) is 52.2 Å². The van der Waals surface area contributed by atoms with Crippen LogP contribution in [0.1, 0.15) is 50.5 Å². The highest BCUT2D eigenvalue weighted by Crippen LogP contribution is 2.20. The maximum Gasteiger partial charge on any atom is 0.408 e. The molecule has 0 atom stereocenters. The number of nitrogens with one attached hydrogen (secondary N) is 1. The third kappa shape index (κ3) is 4.71. The second kappa shape index (κ2) is 6.22. The van der Waals surface area contributed by atoms with E-state index < -0.39 is 17.2 Å². The minimum atomic E-state index is -0.565. The van der Waals surface area contributed by atoms with E-state index in [-0.39, 0.29) is 5.91 Å². The molecule has 1 aromatic rings. The number of carbonyl (C=O) groups is 2. The first kappa shape index (κ1) is 17.3. The third-order valence-corrected chi connectivity index (χ3v) is 3.61. The lowest BCUT2D eigenvalue weighted by Gasteiger charge is -2.36. The Morgan fingerprint density at radius 3 is 2.52 bits per heavy atom. The average molecular weight is 318 g/mol. The van der Waals surface area contributed by atoms with Crippen molar-refractivity contribution in [1.82, 2.24) is 10.2 Å².